The molecule has 104 valence electrons. The van der Waals surface area contributed by atoms with Crippen LogP contribution in [0.15, 0.2) is 22.7 Å². The highest BCUT2D eigenvalue weighted by atomic mass is 79.9. The van der Waals surface area contributed by atoms with Crippen molar-refractivity contribution in [2.75, 3.05) is 26.2 Å². The maximum atomic E-state index is 12.9. The molecule has 1 N–H and O–H groups in total. The van der Waals surface area contributed by atoms with Gasteiger partial charge in [0.15, 0.2) is 6.61 Å². The van der Waals surface area contributed by atoms with Gasteiger partial charge in [-0.3, -0.25) is 4.79 Å². The standard InChI is InChI=1S/C13H16BrFN2O2/c1-9-7-16-4-5-17(9)13(18)8-19-12-3-2-10(15)6-11(12)14/h2-3,6,9,16H,4-5,7-8H2,1H3/t9-/m1/s1. The third kappa shape index (κ3) is 3.67. The van der Waals surface area contributed by atoms with E-state index in [0.717, 1.165) is 13.1 Å². The second kappa shape index (κ2) is 6.34. The number of ether oxygens (including phenoxy) is 1. The number of carbonyl (C=O) groups excluding carboxylic acids is 1. The molecule has 6 heteroatoms. The summed E-state index contributed by atoms with van der Waals surface area (Å²) in [5, 5.41) is 3.22. The van der Waals surface area contributed by atoms with E-state index in [1.165, 1.54) is 18.2 Å². The zero-order valence-electron chi connectivity index (χ0n) is 10.7. The molecule has 1 aromatic carbocycles. The zero-order valence-corrected chi connectivity index (χ0v) is 12.2. The summed E-state index contributed by atoms with van der Waals surface area (Å²) in [6, 6.07) is 4.29. The zero-order chi connectivity index (χ0) is 13.8. The van der Waals surface area contributed by atoms with Gasteiger partial charge >= 0.3 is 0 Å². The van der Waals surface area contributed by atoms with Gasteiger partial charge in [-0.1, -0.05) is 0 Å². The molecule has 0 aromatic heterocycles. The van der Waals surface area contributed by atoms with Crippen LogP contribution in [-0.4, -0.2) is 43.1 Å². The lowest BCUT2D eigenvalue weighted by Crippen LogP contribution is -2.53. The minimum atomic E-state index is -0.346. The van der Waals surface area contributed by atoms with Crippen LogP contribution in [0.5, 0.6) is 5.75 Å². The molecule has 1 aromatic rings. The van der Waals surface area contributed by atoms with Gasteiger partial charge in [-0.2, -0.15) is 0 Å². The Hall–Kier alpha value is -1.14. The molecular formula is C13H16BrFN2O2. The Morgan fingerprint density at radius 3 is 3.11 bits per heavy atom. The Morgan fingerprint density at radius 2 is 2.42 bits per heavy atom. The minimum Gasteiger partial charge on any atom is -0.483 e. The molecule has 1 heterocycles. The fourth-order valence-corrected chi connectivity index (χ4v) is 2.49. The predicted octanol–water partition coefficient (Wildman–Crippen LogP) is 1.79. The van der Waals surface area contributed by atoms with Gasteiger partial charge in [0.1, 0.15) is 11.6 Å². The van der Waals surface area contributed by atoms with Crippen molar-refractivity contribution >= 4 is 21.8 Å². The number of hydrogen-bond donors (Lipinski definition) is 1. The van der Waals surface area contributed by atoms with Crippen molar-refractivity contribution in [2.45, 2.75) is 13.0 Å². The van der Waals surface area contributed by atoms with Gasteiger partial charge in [-0.15, -0.1) is 0 Å². The molecule has 1 aliphatic rings. The molecule has 1 amide bonds. The van der Waals surface area contributed by atoms with Crippen LogP contribution in [-0.2, 0) is 4.79 Å². The van der Waals surface area contributed by atoms with Crippen LogP contribution >= 0.6 is 15.9 Å². The minimum absolute atomic E-state index is 0.0332. The van der Waals surface area contributed by atoms with Crippen LogP contribution in [0, 0.1) is 5.82 Å². The largest absolute Gasteiger partial charge is 0.483 e. The molecule has 4 nitrogen and oxygen atoms in total. The highest BCUT2D eigenvalue weighted by Crippen LogP contribution is 2.25. The molecule has 2 rings (SSSR count). The van der Waals surface area contributed by atoms with Crippen molar-refractivity contribution in [3.05, 3.63) is 28.5 Å². The van der Waals surface area contributed by atoms with Gasteiger partial charge in [-0.25, -0.2) is 4.39 Å². The second-order valence-corrected chi connectivity index (χ2v) is 5.36. The fourth-order valence-electron chi connectivity index (χ4n) is 2.03. The van der Waals surface area contributed by atoms with Gasteiger partial charge in [-0.05, 0) is 41.1 Å². The SMILES string of the molecule is C[C@@H]1CNCCN1C(=O)COc1ccc(F)cc1Br. The van der Waals surface area contributed by atoms with Crippen LogP contribution in [0.3, 0.4) is 0 Å². The lowest BCUT2D eigenvalue weighted by atomic mass is 10.2. The average molecular weight is 331 g/mol. The first-order valence-corrected chi connectivity index (χ1v) is 6.95. The summed E-state index contributed by atoms with van der Waals surface area (Å²) in [6.07, 6.45) is 0. The first kappa shape index (κ1) is 14.3. The van der Waals surface area contributed by atoms with E-state index in [1.54, 1.807) is 4.90 Å². The van der Waals surface area contributed by atoms with E-state index in [1.807, 2.05) is 6.92 Å². The van der Waals surface area contributed by atoms with Crippen molar-refractivity contribution in [3.63, 3.8) is 0 Å². The summed E-state index contributed by atoms with van der Waals surface area (Å²) in [5.41, 5.74) is 0. The van der Waals surface area contributed by atoms with Crippen LogP contribution in [0.25, 0.3) is 0 Å². The van der Waals surface area contributed by atoms with Crippen LogP contribution in [0.2, 0.25) is 0 Å². The van der Waals surface area contributed by atoms with E-state index >= 15 is 0 Å². The molecule has 1 fully saturated rings. The number of nitrogens with one attached hydrogen (secondary N) is 1. The van der Waals surface area contributed by atoms with Gasteiger partial charge in [0, 0.05) is 25.7 Å². The van der Waals surface area contributed by atoms with Gasteiger partial charge in [0.2, 0.25) is 0 Å². The summed E-state index contributed by atoms with van der Waals surface area (Å²) in [6.45, 7) is 4.25. The predicted molar refractivity (Wildman–Crippen MR) is 73.6 cm³/mol. The Morgan fingerprint density at radius 1 is 1.63 bits per heavy atom. The molecule has 1 saturated heterocycles. The van der Waals surface area contributed by atoms with Crippen LogP contribution in [0.4, 0.5) is 4.39 Å². The third-order valence-corrected chi connectivity index (χ3v) is 3.69. The maximum absolute atomic E-state index is 12.9. The summed E-state index contributed by atoms with van der Waals surface area (Å²) in [7, 11) is 0. The van der Waals surface area contributed by atoms with Crippen LogP contribution < -0.4 is 10.1 Å². The Labute approximate surface area is 120 Å². The molecule has 0 bridgehead atoms. The molecule has 0 aliphatic carbocycles. The van der Waals surface area contributed by atoms with Crippen LogP contribution in [0.1, 0.15) is 6.92 Å². The normalized spacial score (nSPS) is 19.3. The summed E-state index contributed by atoms with van der Waals surface area (Å²) in [5.74, 6) is 0.0732. The van der Waals surface area contributed by atoms with E-state index in [-0.39, 0.29) is 24.4 Å². The lowest BCUT2D eigenvalue weighted by Gasteiger charge is -2.33. The van der Waals surface area contributed by atoms with Gasteiger partial charge < -0.3 is 15.0 Å². The van der Waals surface area contributed by atoms with Crippen molar-refractivity contribution in [2.24, 2.45) is 0 Å². The molecule has 1 atom stereocenters. The summed E-state index contributed by atoms with van der Waals surface area (Å²) < 4.78 is 18.9. The van der Waals surface area contributed by atoms with Crippen molar-refractivity contribution < 1.29 is 13.9 Å². The van der Waals surface area contributed by atoms with Gasteiger partial charge in [0.05, 0.1) is 4.47 Å². The number of rotatable bonds is 3. The smallest absolute Gasteiger partial charge is 0.260 e. The first-order chi connectivity index (χ1) is 9.08. The molecule has 0 unspecified atom stereocenters. The van der Waals surface area contributed by atoms with Gasteiger partial charge in [0.25, 0.3) is 5.91 Å². The third-order valence-electron chi connectivity index (χ3n) is 3.07. The van der Waals surface area contributed by atoms with E-state index in [9.17, 15) is 9.18 Å². The number of amides is 1. The number of nitrogens with zero attached hydrogens (tertiary/aromatic N) is 1. The number of benzene rings is 1. The average Bonchev–Trinajstić information content (AvgIpc) is 2.38. The molecule has 0 spiro atoms. The highest BCUT2D eigenvalue weighted by molar-refractivity contribution is 9.10. The topological polar surface area (TPSA) is 41.6 Å². The first-order valence-electron chi connectivity index (χ1n) is 6.16. The summed E-state index contributed by atoms with van der Waals surface area (Å²) in [4.78, 5) is 13.8. The molecule has 0 saturated carbocycles. The second-order valence-electron chi connectivity index (χ2n) is 4.50. The van der Waals surface area contributed by atoms with E-state index < -0.39 is 0 Å². The molecule has 0 radical (unpaired) electrons. The van der Waals surface area contributed by atoms with E-state index in [4.69, 9.17) is 4.74 Å². The number of piperazine rings is 1. The number of halogens is 2. The Kier molecular flexibility index (Phi) is 4.76. The quantitative estimate of drug-likeness (QED) is 0.918. The lowest BCUT2D eigenvalue weighted by molar-refractivity contribution is -0.136. The van der Waals surface area contributed by atoms with Crippen molar-refractivity contribution in [1.29, 1.82) is 0 Å². The molecular weight excluding hydrogens is 315 g/mol. The van der Waals surface area contributed by atoms with E-state index in [0.29, 0.717) is 16.8 Å². The molecule has 19 heavy (non-hydrogen) atoms. The Balaban J connectivity index is 1.92. The molecule has 1 aliphatic heterocycles. The fraction of sp³-hybridized carbons (Fsp3) is 0.462. The maximum Gasteiger partial charge on any atom is 0.260 e. The van der Waals surface area contributed by atoms with Crippen molar-refractivity contribution in [3.8, 4) is 5.75 Å². The van der Waals surface area contributed by atoms with Crippen molar-refractivity contribution in [1.82, 2.24) is 10.2 Å². The highest BCUT2D eigenvalue weighted by Gasteiger charge is 2.23. The Bertz CT molecular complexity index is 470. The number of hydrogen-bond acceptors (Lipinski definition) is 3. The monoisotopic (exact) mass is 330 g/mol. The summed E-state index contributed by atoms with van der Waals surface area (Å²) >= 11 is 3.21. The van der Waals surface area contributed by atoms with E-state index in [2.05, 4.69) is 21.2 Å². The number of carbonyl (C=O) groups is 1.